The molecule has 1 atom stereocenters. The second-order valence-electron chi connectivity index (χ2n) is 6.17. The number of Topliss-reactive ketones (excluding diaryl/α,β-unsaturated/α-hetero) is 1. The summed E-state index contributed by atoms with van der Waals surface area (Å²) in [6.07, 6.45) is 0. The minimum absolute atomic E-state index is 0.0151. The summed E-state index contributed by atoms with van der Waals surface area (Å²) in [6.45, 7) is 2.22. The predicted molar refractivity (Wildman–Crippen MR) is 97.3 cm³/mol. The fourth-order valence-corrected chi connectivity index (χ4v) is 3.12. The Morgan fingerprint density at radius 1 is 1.22 bits per heavy atom. The minimum atomic E-state index is -0.819. The highest BCUT2D eigenvalue weighted by atomic mass is 16.5. The zero-order chi connectivity index (χ0) is 19.6. The summed E-state index contributed by atoms with van der Waals surface area (Å²) in [4.78, 5) is 26.7. The molecular formula is C20H21NO6. The number of amides is 1. The molecule has 0 unspecified atom stereocenters. The molecule has 2 heterocycles. The van der Waals surface area contributed by atoms with Crippen LogP contribution in [0.5, 0.6) is 5.75 Å². The molecule has 1 aromatic carbocycles. The zero-order valence-electron chi connectivity index (χ0n) is 15.4. The van der Waals surface area contributed by atoms with Crippen LogP contribution in [0.4, 0.5) is 0 Å². The molecule has 0 saturated carbocycles. The standard InChI is InChI=1S/C20H21NO6/c1-12-7-8-15(27-12)17-16(19(23)20(24)21(17)9-10-25-2)18(22)13-5-4-6-14(11-13)26-3/h4-8,11,17,22H,9-10H2,1-3H3/t17-/m0/s1. The van der Waals surface area contributed by atoms with Crippen LogP contribution in [-0.2, 0) is 14.3 Å². The van der Waals surface area contributed by atoms with Crippen LogP contribution in [0, 0.1) is 6.92 Å². The fourth-order valence-electron chi connectivity index (χ4n) is 3.12. The Balaban J connectivity index is 2.14. The van der Waals surface area contributed by atoms with Gasteiger partial charge < -0.3 is 23.9 Å². The Morgan fingerprint density at radius 3 is 2.63 bits per heavy atom. The number of carbonyl (C=O) groups is 2. The third kappa shape index (κ3) is 3.46. The third-order valence-corrected chi connectivity index (χ3v) is 4.45. The number of aliphatic hydroxyl groups excluding tert-OH is 1. The Labute approximate surface area is 156 Å². The van der Waals surface area contributed by atoms with E-state index in [1.165, 1.54) is 19.1 Å². The van der Waals surface area contributed by atoms with Crippen molar-refractivity contribution in [2.24, 2.45) is 0 Å². The van der Waals surface area contributed by atoms with Crippen LogP contribution in [0.2, 0.25) is 0 Å². The van der Waals surface area contributed by atoms with E-state index in [2.05, 4.69) is 0 Å². The van der Waals surface area contributed by atoms with Crippen molar-refractivity contribution in [2.75, 3.05) is 27.4 Å². The summed E-state index contributed by atoms with van der Waals surface area (Å²) < 4.78 is 15.9. The molecule has 7 heteroatoms. The van der Waals surface area contributed by atoms with E-state index in [4.69, 9.17) is 13.9 Å². The summed E-state index contributed by atoms with van der Waals surface area (Å²) >= 11 is 0. The minimum Gasteiger partial charge on any atom is -0.507 e. The van der Waals surface area contributed by atoms with Gasteiger partial charge >= 0.3 is 0 Å². The van der Waals surface area contributed by atoms with Crippen LogP contribution in [0.1, 0.15) is 23.1 Å². The van der Waals surface area contributed by atoms with E-state index < -0.39 is 17.7 Å². The number of aryl methyl sites for hydroxylation is 1. The topological polar surface area (TPSA) is 89.2 Å². The van der Waals surface area contributed by atoms with Gasteiger partial charge in [0.2, 0.25) is 0 Å². The lowest BCUT2D eigenvalue weighted by Crippen LogP contribution is -2.32. The summed E-state index contributed by atoms with van der Waals surface area (Å²) in [5.74, 6) is -0.152. The van der Waals surface area contributed by atoms with Crippen molar-refractivity contribution in [1.82, 2.24) is 4.90 Å². The van der Waals surface area contributed by atoms with Crippen molar-refractivity contribution in [3.8, 4) is 5.75 Å². The lowest BCUT2D eigenvalue weighted by molar-refractivity contribution is -0.140. The van der Waals surface area contributed by atoms with Gasteiger partial charge in [-0.25, -0.2) is 0 Å². The molecule has 1 aromatic heterocycles. The Bertz CT molecular complexity index is 897. The number of likely N-dealkylation sites (tertiary alicyclic amines) is 1. The van der Waals surface area contributed by atoms with Crippen LogP contribution in [-0.4, -0.2) is 49.1 Å². The van der Waals surface area contributed by atoms with Crippen molar-refractivity contribution in [2.45, 2.75) is 13.0 Å². The average Bonchev–Trinajstić information content (AvgIpc) is 3.21. The van der Waals surface area contributed by atoms with Gasteiger partial charge in [0.1, 0.15) is 29.1 Å². The van der Waals surface area contributed by atoms with Crippen molar-refractivity contribution in [1.29, 1.82) is 0 Å². The Hall–Kier alpha value is -3.06. The molecule has 1 saturated heterocycles. The van der Waals surface area contributed by atoms with Gasteiger partial charge in [-0.1, -0.05) is 12.1 Å². The van der Waals surface area contributed by atoms with E-state index in [1.807, 2.05) is 0 Å². The maximum Gasteiger partial charge on any atom is 0.295 e. The molecule has 1 fully saturated rings. The Morgan fingerprint density at radius 2 is 2.00 bits per heavy atom. The van der Waals surface area contributed by atoms with E-state index in [1.54, 1.807) is 43.3 Å². The lowest BCUT2D eigenvalue weighted by atomic mass is 9.99. The molecule has 27 heavy (non-hydrogen) atoms. The molecule has 142 valence electrons. The van der Waals surface area contributed by atoms with Crippen molar-refractivity contribution in [3.05, 3.63) is 59.1 Å². The molecule has 2 aromatic rings. The summed E-state index contributed by atoms with van der Waals surface area (Å²) in [6, 6.07) is 9.29. The molecular weight excluding hydrogens is 350 g/mol. The number of rotatable bonds is 6. The molecule has 0 radical (unpaired) electrons. The molecule has 1 aliphatic heterocycles. The summed E-state index contributed by atoms with van der Waals surface area (Å²) in [7, 11) is 3.02. The van der Waals surface area contributed by atoms with Crippen LogP contribution in [0.15, 0.2) is 46.4 Å². The van der Waals surface area contributed by atoms with Gasteiger partial charge in [0.05, 0.1) is 19.3 Å². The van der Waals surface area contributed by atoms with Gasteiger partial charge in [-0.05, 0) is 31.2 Å². The van der Waals surface area contributed by atoms with Crippen LogP contribution >= 0.6 is 0 Å². The van der Waals surface area contributed by atoms with E-state index in [0.717, 1.165) is 0 Å². The smallest absolute Gasteiger partial charge is 0.295 e. The van der Waals surface area contributed by atoms with Crippen molar-refractivity contribution in [3.63, 3.8) is 0 Å². The van der Waals surface area contributed by atoms with Crippen LogP contribution < -0.4 is 4.74 Å². The van der Waals surface area contributed by atoms with Gasteiger partial charge in [0.25, 0.3) is 11.7 Å². The molecule has 1 N–H and O–H groups in total. The monoisotopic (exact) mass is 371 g/mol. The highest BCUT2D eigenvalue weighted by Crippen LogP contribution is 2.40. The van der Waals surface area contributed by atoms with Gasteiger partial charge in [-0.2, -0.15) is 0 Å². The van der Waals surface area contributed by atoms with Gasteiger partial charge in [0, 0.05) is 19.2 Å². The van der Waals surface area contributed by atoms with Crippen LogP contribution in [0.25, 0.3) is 5.76 Å². The maximum atomic E-state index is 12.7. The summed E-state index contributed by atoms with van der Waals surface area (Å²) in [5.41, 5.74) is 0.367. The van der Waals surface area contributed by atoms with E-state index in [9.17, 15) is 14.7 Å². The molecule has 1 amide bonds. The number of methoxy groups -OCH3 is 2. The normalized spacial score (nSPS) is 18.9. The number of ether oxygens (including phenoxy) is 2. The number of hydrogen-bond acceptors (Lipinski definition) is 6. The predicted octanol–water partition coefficient (Wildman–Crippen LogP) is 2.66. The third-order valence-electron chi connectivity index (χ3n) is 4.45. The van der Waals surface area contributed by atoms with Gasteiger partial charge in [-0.3, -0.25) is 9.59 Å². The number of aliphatic hydroxyl groups is 1. The maximum absolute atomic E-state index is 12.7. The zero-order valence-corrected chi connectivity index (χ0v) is 15.4. The first-order chi connectivity index (χ1) is 13.0. The fraction of sp³-hybridized carbons (Fsp3) is 0.300. The lowest BCUT2D eigenvalue weighted by Gasteiger charge is -2.22. The first-order valence-electron chi connectivity index (χ1n) is 8.46. The second kappa shape index (κ2) is 7.67. The summed E-state index contributed by atoms with van der Waals surface area (Å²) in [5, 5.41) is 10.9. The highest BCUT2D eigenvalue weighted by molar-refractivity contribution is 6.46. The first-order valence-corrected chi connectivity index (χ1v) is 8.46. The van der Waals surface area contributed by atoms with E-state index >= 15 is 0 Å². The molecule has 3 rings (SSSR count). The van der Waals surface area contributed by atoms with Crippen molar-refractivity contribution < 1.29 is 28.6 Å². The van der Waals surface area contributed by atoms with E-state index in [0.29, 0.717) is 22.8 Å². The number of benzene rings is 1. The largest absolute Gasteiger partial charge is 0.507 e. The molecule has 0 spiro atoms. The average molecular weight is 371 g/mol. The van der Waals surface area contributed by atoms with Gasteiger partial charge in [-0.15, -0.1) is 0 Å². The van der Waals surface area contributed by atoms with Crippen molar-refractivity contribution >= 4 is 17.4 Å². The number of furan rings is 1. The molecule has 0 bridgehead atoms. The SMILES string of the molecule is COCCN1C(=O)C(=O)C(=C(O)c2cccc(OC)c2)[C@@H]1c1ccc(C)o1. The van der Waals surface area contributed by atoms with E-state index in [-0.39, 0.29) is 24.5 Å². The number of ketones is 1. The number of nitrogens with zero attached hydrogens (tertiary/aromatic N) is 1. The first kappa shape index (κ1) is 18.7. The number of hydrogen-bond donors (Lipinski definition) is 1. The van der Waals surface area contributed by atoms with Crippen LogP contribution in [0.3, 0.4) is 0 Å². The molecule has 1 aliphatic rings. The molecule has 0 aliphatic carbocycles. The quantitative estimate of drug-likeness (QED) is 0.477. The Kier molecular flexibility index (Phi) is 5.32. The number of carbonyl (C=O) groups excluding carboxylic acids is 2. The molecule has 7 nitrogen and oxygen atoms in total. The second-order valence-corrected chi connectivity index (χ2v) is 6.17. The van der Waals surface area contributed by atoms with Gasteiger partial charge in [0.15, 0.2) is 0 Å². The highest BCUT2D eigenvalue weighted by Gasteiger charge is 2.47.